The van der Waals surface area contributed by atoms with Crippen LogP contribution >= 0.6 is 0 Å². The SMILES string of the molecule is Cc1ccccc1-c1nnn(Cc2cc(=O)oc3cc(O)ccc23)n1. The second-order valence-corrected chi connectivity index (χ2v) is 5.73. The molecule has 4 rings (SSSR count). The summed E-state index contributed by atoms with van der Waals surface area (Å²) in [6.07, 6.45) is 0. The molecule has 0 aliphatic rings. The molecular weight excluding hydrogens is 320 g/mol. The van der Waals surface area contributed by atoms with E-state index in [4.69, 9.17) is 4.42 Å². The highest BCUT2D eigenvalue weighted by Crippen LogP contribution is 2.23. The van der Waals surface area contributed by atoms with E-state index in [9.17, 15) is 9.90 Å². The maximum absolute atomic E-state index is 11.8. The lowest BCUT2D eigenvalue weighted by Gasteiger charge is -2.04. The summed E-state index contributed by atoms with van der Waals surface area (Å²) in [6, 6.07) is 13.8. The molecule has 0 radical (unpaired) electrons. The predicted molar refractivity (Wildman–Crippen MR) is 91.2 cm³/mol. The van der Waals surface area contributed by atoms with E-state index < -0.39 is 5.63 Å². The van der Waals surface area contributed by atoms with Gasteiger partial charge in [0.2, 0.25) is 5.82 Å². The summed E-state index contributed by atoms with van der Waals surface area (Å²) in [7, 11) is 0. The van der Waals surface area contributed by atoms with Crippen molar-refractivity contribution in [3.05, 3.63) is 70.1 Å². The molecule has 0 aliphatic carbocycles. The molecule has 0 aliphatic heterocycles. The summed E-state index contributed by atoms with van der Waals surface area (Å²) in [5.41, 5.74) is 2.49. The van der Waals surface area contributed by atoms with Gasteiger partial charge in [-0.15, -0.1) is 10.2 Å². The van der Waals surface area contributed by atoms with Crippen LogP contribution in [0.5, 0.6) is 5.75 Å². The molecule has 7 heteroatoms. The molecule has 1 N–H and O–H groups in total. The van der Waals surface area contributed by atoms with Crippen LogP contribution in [0.2, 0.25) is 0 Å². The van der Waals surface area contributed by atoms with E-state index in [0.29, 0.717) is 22.4 Å². The number of rotatable bonds is 3. The van der Waals surface area contributed by atoms with E-state index in [-0.39, 0.29) is 12.3 Å². The number of phenolic OH excluding ortho intramolecular Hbond substituents is 1. The molecule has 25 heavy (non-hydrogen) atoms. The first-order valence-corrected chi connectivity index (χ1v) is 7.70. The van der Waals surface area contributed by atoms with Gasteiger partial charge in [-0.3, -0.25) is 0 Å². The molecule has 2 aromatic heterocycles. The van der Waals surface area contributed by atoms with Gasteiger partial charge in [-0.2, -0.15) is 4.80 Å². The Labute approximate surface area is 142 Å². The minimum Gasteiger partial charge on any atom is -0.508 e. The van der Waals surface area contributed by atoms with Gasteiger partial charge in [0.1, 0.15) is 11.3 Å². The molecule has 0 spiro atoms. The van der Waals surface area contributed by atoms with E-state index in [2.05, 4.69) is 15.4 Å². The van der Waals surface area contributed by atoms with Crippen LogP contribution in [0, 0.1) is 6.92 Å². The highest BCUT2D eigenvalue weighted by Gasteiger charge is 2.11. The molecule has 4 aromatic rings. The van der Waals surface area contributed by atoms with Crippen LogP contribution in [0.25, 0.3) is 22.4 Å². The maximum Gasteiger partial charge on any atom is 0.336 e. The van der Waals surface area contributed by atoms with E-state index in [1.807, 2.05) is 31.2 Å². The number of aryl methyl sites for hydroxylation is 1. The van der Waals surface area contributed by atoms with Crippen LogP contribution in [0.1, 0.15) is 11.1 Å². The van der Waals surface area contributed by atoms with Gasteiger partial charge < -0.3 is 9.52 Å². The second kappa shape index (κ2) is 5.86. The first-order valence-electron chi connectivity index (χ1n) is 7.70. The van der Waals surface area contributed by atoms with Crippen LogP contribution in [-0.4, -0.2) is 25.3 Å². The predicted octanol–water partition coefficient (Wildman–Crippen LogP) is 2.51. The lowest BCUT2D eigenvalue weighted by Crippen LogP contribution is -2.08. The first-order chi connectivity index (χ1) is 12.1. The standard InChI is InChI=1S/C18H14N4O3/c1-11-4-2-3-5-14(11)18-19-21-22(20-18)10-12-8-17(24)25-16-9-13(23)6-7-15(12)16/h2-9,23H,10H2,1H3. The van der Waals surface area contributed by atoms with Gasteiger partial charge in [0.05, 0.1) is 6.54 Å². The number of tetrazole rings is 1. The molecule has 0 atom stereocenters. The van der Waals surface area contributed by atoms with Gasteiger partial charge in [0, 0.05) is 23.1 Å². The molecule has 0 saturated carbocycles. The summed E-state index contributed by atoms with van der Waals surface area (Å²) in [5.74, 6) is 0.566. The lowest BCUT2D eigenvalue weighted by molar-refractivity contribution is 0.473. The highest BCUT2D eigenvalue weighted by atomic mass is 16.4. The third kappa shape index (κ3) is 2.87. The van der Waals surface area contributed by atoms with Gasteiger partial charge >= 0.3 is 5.63 Å². The molecule has 0 amide bonds. The largest absolute Gasteiger partial charge is 0.508 e. The van der Waals surface area contributed by atoms with Crippen molar-refractivity contribution in [2.75, 3.05) is 0 Å². The highest BCUT2D eigenvalue weighted by molar-refractivity contribution is 5.81. The zero-order chi connectivity index (χ0) is 17.4. The first kappa shape index (κ1) is 15.1. The smallest absolute Gasteiger partial charge is 0.336 e. The monoisotopic (exact) mass is 334 g/mol. The molecule has 0 fully saturated rings. The van der Waals surface area contributed by atoms with Crippen molar-refractivity contribution in [1.82, 2.24) is 20.2 Å². The van der Waals surface area contributed by atoms with Crippen molar-refractivity contribution in [2.45, 2.75) is 13.5 Å². The number of benzene rings is 2. The van der Waals surface area contributed by atoms with Crippen LogP contribution in [-0.2, 0) is 6.54 Å². The van der Waals surface area contributed by atoms with Crippen molar-refractivity contribution in [1.29, 1.82) is 0 Å². The second-order valence-electron chi connectivity index (χ2n) is 5.73. The molecule has 2 aromatic carbocycles. The molecule has 0 unspecified atom stereocenters. The van der Waals surface area contributed by atoms with Gasteiger partial charge in [-0.05, 0) is 35.4 Å². The summed E-state index contributed by atoms with van der Waals surface area (Å²) < 4.78 is 5.13. The Balaban J connectivity index is 1.73. The van der Waals surface area contributed by atoms with Crippen LogP contribution in [0.3, 0.4) is 0 Å². The quantitative estimate of drug-likeness (QED) is 0.579. The van der Waals surface area contributed by atoms with Crippen molar-refractivity contribution in [3.8, 4) is 17.1 Å². The fourth-order valence-corrected chi connectivity index (χ4v) is 2.74. The van der Waals surface area contributed by atoms with E-state index in [1.54, 1.807) is 12.1 Å². The fourth-order valence-electron chi connectivity index (χ4n) is 2.74. The van der Waals surface area contributed by atoms with Gasteiger partial charge in [0.15, 0.2) is 0 Å². The normalized spacial score (nSPS) is 11.1. The minimum absolute atomic E-state index is 0.0357. The van der Waals surface area contributed by atoms with Crippen LogP contribution in [0.15, 0.2) is 57.7 Å². The third-order valence-corrected chi connectivity index (χ3v) is 3.96. The third-order valence-electron chi connectivity index (χ3n) is 3.96. The Morgan fingerprint density at radius 1 is 1.16 bits per heavy atom. The number of aromatic hydroxyl groups is 1. The van der Waals surface area contributed by atoms with Gasteiger partial charge in [0.25, 0.3) is 0 Å². The van der Waals surface area contributed by atoms with Crippen LogP contribution in [0.4, 0.5) is 0 Å². The lowest BCUT2D eigenvalue weighted by atomic mass is 10.1. The average molecular weight is 334 g/mol. The fraction of sp³-hybridized carbons (Fsp3) is 0.111. The van der Waals surface area contributed by atoms with E-state index in [0.717, 1.165) is 11.1 Å². The Bertz CT molecular complexity index is 1130. The molecular formula is C18H14N4O3. The van der Waals surface area contributed by atoms with Crippen molar-refractivity contribution >= 4 is 11.0 Å². The Hall–Kier alpha value is -3.48. The number of hydrogen-bond acceptors (Lipinski definition) is 6. The number of hydrogen-bond donors (Lipinski definition) is 1. The zero-order valence-electron chi connectivity index (χ0n) is 13.4. The maximum atomic E-state index is 11.8. The average Bonchev–Trinajstić information content (AvgIpc) is 3.03. The molecule has 0 bridgehead atoms. The Morgan fingerprint density at radius 2 is 2.00 bits per heavy atom. The van der Waals surface area contributed by atoms with Crippen molar-refractivity contribution in [3.63, 3.8) is 0 Å². The van der Waals surface area contributed by atoms with Crippen molar-refractivity contribution < 1.29 is 9.52 Å². The molecule has 7 nitrogen and oxygen atoms in total. The van der Waals surface area contributed by atoms with E-state index in [1.165, 1.54) is 16.9 Å². The molecule has 2 heterocycles. The summed E-state index contributed by atoms with van der Waals surface area (Å²) in [5, 5.41) is 22.9. The van der Waals surface area contributed by atoms with Crippen molar-refractivity contribution in [2.24, 2.45) is 0 Å². The number of phenols is 1. The summed E-state index contributed by atoms with van der Waals surface area (Å²) in [4.78, 5) is 13.2. The zero-order valence-corrected chi connectivity index (χ0v) is 13.4. The topological polar surface area (TPSA) is 94.0 Å². The number of aromatic nitrogens is 4. The molecule has 0 saturated heterocycles. The molecule has 124 valence electrons. The summed E-state index contributed by atoms with van der Waals surface area (Å²) in [6.45, 7) is 2.25. The van der Waals surface area contributed by atoms with Crippen LogP contribution < -0.4 is 5.63 Å². The number of nitrogens with zero attached hydrogens (tertiary/aromatic N) is 4. The minimum atomic E-state index is -0.493. The van der Waals surface area contributed by atoms with E-state index >= 15 is 0 Å². The summed E-state index contributed by atoms with van der Waals surface area (Å²) >= 11 is 0. The van der Waals surface area contributed by atoms with Gasteiger partial charge in [-0.1, -0.05) is 24.3 Å². The number of fused-ring (bicyclic) bond motifs is 1. The Morgan fingerprint density at radius 3 is 2.84 bits per heavy atom. The Kier molecular flexibility index (Phi) is 3.53. The van der Waals surface area contributed by atoms with Gasteiger partial charge in [-0.25, -0.2) is 4.79 Å².